The molecule has 0 aliphatic rings. The second kappa shape index (κ2) is 10.1. The summed E-state index contributed by atoms with van der Waals surface area (Å²) >= 11 is 0. The Morgan fingerprint density at radius 2 is 1.43 bits per heavy atom. The minimum Gasteiger partial charge on any atom is -0.465 e. The van der Waals surface area contributed by atoms with Crippen LogP contribution in [0.5, 0.6) is 0 Å². The normalized spacial score (nSPS) is 12.2. The highest BCUT2D eigenvalue weighted by molar-refractivity contribution is 5.80. The molecule has 8 nitrogen and oxygen atoms in total. The van der Waals surface area contributed by atoms with Gasteiger partial charge >= 0.3 is 0 Å². The van der Waals surface area contributed by atoms with Crippen molar-refractivity contribution in [2.45, 2.75) is 0 Å². The molecule has 0 unspecified atom stereocenters. The van der Waals surface area contributed by atoms with E-state index in [-0.39, 0.29) is 11.3 Å². The van der Waals surface area contributed by atoms with Crippen LogP contribution < -0.4 is 5.62 Å². The lowest BCUT2D eigenvalue weighted by Gasteiger charge is -2.12. The first-order valence-electron chi connectivity index (χ1n) is 10.7. The molecule has 168 valence electrons. The fourth-order valence-electron chi connectivity index (χ4n) is 3.36. The van der Waals surface area contributed by atoms with Crippen LogP contribution in [0.3, 0.4) is 0 Å². The second-order valence-corrected chi connectivity index (χ2v) is 7.27. The summed E-state index contributed by atoms with van der Waals surface area (Å²) in [5, 5.41) is 23.2. The van der Waals surface area contributed by atoms with E-state index in [4.69, 9.17) is 18.9 Å². The zero-order valence-electron chi connectivity index (χ0n) is 18.4. The molecule has 5 aromatic rings. The molecule has 0 saturated heterocycles. The van der Waals surface area contributed by atoms with E-state index in [2.05, 4.69) is 16.3 Å². The standard InChI is InChI=1S/C27H18N6O2/c28-18-22(17-23-13-7-15-34-23)33-27(31-29-19-24-14-8-16-35-24)30-25(20-9-3-1-4-10-20)26(32-33)21-11-5-2-6-12-21/h1-17,19H/b22-17+,29-19-,31-27+. The van der Waals surface area contributed by atoms with Crippen molar-refractivity contribution in [3.8, 4) is 28.6 Å². The third kappa shape index (κ3) is 4.89. The van der Waals surface area contributed by atoms with Gasteiger partial charge in [-0.15, -0.1) is 5.10 Å². The summed E-state index contributed by atoms with van der Waals surface area (Å²) in [5.74, 6) is 1.03. The summed E-state index contributed by atoms with van der Waals surface area (Å²) in [6, 6.07) is 28.5. The van der Waals surface area contributed by atoms with Gasteiger partial charge in [-0.25, -0.2) is 4.98 Å². The minimum absolute atomic E-state index is 0.116. The lowest BCUT2D eigenvalue weighted by molar-refractivity contribution is 0.557. The summed E-state index contributed by atoms with van der Waals surface area (Å²) in [4.78, 5) is 4.80. The maximum atomic E-state index is 9.98. The van der Waals surface area contributed by atoms with Crippen LogP contribution in [-0.4, -0.2) is 21.0 Å². The van der Waals surface area contributed by atoms with Crippen LogP contribution in [0.2, 0.25) is 0 Å². The van der Waals surface area contributed by atoms with Crippen molar-refractivity contribution in [3.63, 3.8) is 0 Å². The number of furan rings is 2. The quantitative estimate of drug-likeness (QED) is 0.196. The largest absolute Gasteiger partial charge is 0.465 e. The van der Waals surface area contributed by atoms with Crippen LogP contribution in [0.15, 0.2) is 116 Å². The summed E-state index contributed by atoms with van der Waals surface area (Å²) in [6.45, 7) is 0. The molecule has 3 aromatic heterocycles. The first kappa shape index (κ1) is 21.6. The third-order valence-electron chi connectivity index (χ3n) is 4.96. The van der Waals surface area contributed by atoms with Gasteiger partial charge in [0.15, 0.2) is 0 Å². The van der Waals surface area contributed by atoms with Gasteiger partial charge in [-0.1, -0.05) is 60.7 Å². The van der Waals surface area contributed by atoms with Gasteiger partial charge in [-0.2, -0.15) is 20.1 Å². The van der Waals surface area contributed by atoms with Gasteiger partial charge < -0.3 is 8.83 Å². The van der Waals surface area contributed by atoms with E-state index in [1.807, 2.05) is 60.7 Å². The molecule has 0 aliphatic carbocycles. The highest BCUT2D eigenvalue weighted by atomic mass is 16.3. The molecule has 0 fully saturated rings. The van der Waals surface area contributed by atoms with Crippen molar-refractivity contribution < 1.29 is 8.83 Å². The topological polar surface area (TPSA) is 106 Å². The van der Waals surface area contributed by atoms with Crippen molar-refractivity contribution in [2.75, 3.05) is 0 Å². The summed E-state index contributed by atoms with van der Waals surface area (Å²) in [6.07, 6.45) is 6.11. The van der Waals surface area contributed by atoms with Crippen molar-refractivity contribution in [1.29, 1.82) is 5.26 Å². The highest BCUT2D eigenvalue weighted by Crippen LogP contribution is 2.27. The average Bonchev–Trinajstić information content (AvgIpc) is 3.63. The Morgan fingerprint density at radius 3 is 2.03 bits per heavy atom. The molecular formula is C27H18N6O2. The maximum absolute atomic E-state index is 9.98. The van der Waals surface area contributed by atoms with Gasteiger partial charge in [-0.3, -0.25) is 0 Å². The number of nitrogens with zero attached hydrogens (tertiary/aromatic N) is 6. The van der Waals surface area contributed by atoms with Gasteiger partial charge in [0.05, 0.1) is 18.7 Å². The van der Waals surface area contributed by atoms with Gasteiger partial charge in [0.25, 0.3) is 5.62 Å². The van der Waals surface area contributed by atoms with E-state index in [1.165, 1.54) is 17.2 Å². The SMILES string of the molecule is N#C/C(=C\c1ccco1)n1nc(-c2ccccc2)c(-c2ccccc2)n/c1=N\N=C/c1ccco1. The maximum Gasteiger partial charge on any atom is 0.271 e. The predicted octanol–water partition coefficient (Wildman–Crippen LogP) is 5.25. The van der Waals surface area contributed by atoms with E-state index in [0.717, 1.165) is 11.1 Å². The number of allylic oxidation sites excluding steroid dienone is 1. The molecule has 0 aliphatic heterocycles. The number of nitriles is 1. The Hall–Kier alpha value is -5.29. The minimum atomic E-state index is 0.116. The zero-order valence-corrected chi connectivity index (χ0v) is 18.4. The lowest BCUT2D eigenvalue weighted by Crippen LogP contribution is -2.27. The summed E-state index contributed by atoms with van der Waals surface area (Å²) in [7, 11) is 0. The number of aromatic nitrogens is 3. The van der Waals surface area contributed by atoms with E-state index >= 15 is 0 Å². The third-order valence-corrected chi connectivity index (χ3v) is 4.96. The molecule has 0 atom stereocenters. The molecule has 0 radical (unpaired) electrons. The van der Waals surface area contributed by atoms with Crippen LogP contribution in [0.1, 0.15) is 11.5 Å². The fraction of sp³-hybridized carbons (Fsp3) is 0. The molecule has 5 rings (SSSR count). The molecule has 0 saturated carbocycles. The van der Waals surface area contributed by atoms with Crippen LogP contribution >= 0.6 is 0 Å². The Morgan fingerprint density at radius 1 is 0.800 bits per heavy atom. The Kier molecular flexibility index (Phi) is 6.22. The van der Waals surface area contributed by atoms with Gasteiger partial charge in [0.1, 0.15) is 34.7 Å². The van der Waals surface area contributed by atoms with Crippen molar-refractivity contribution >= 4 is 18.0 Å². The zero-order chi connectivity index (χ0) is 23.9. The number of benzene rings is 2. The van der Waals surface area contributed by atoms with Crippen molar-refractivity contribution in [1.82, 2.24) is 14.8 Å². The predicted molar refractivity (Wildman–Crippen MR) is 131 cm³/mol. The molecule has 2 aromatic carbocycles. The molecule has 0 bridgehead atoms. The van der Waals surface area contributed by atoms with E-state index in [0.29, 0.717) is 22.9 Å². The van der Waals surface area contributed by atoms with Crippen LogP contribution in [0, 0.1) is 11.3 Å². The molecule has 0 amide bonds. The molecule has 8 heteroatoms. The van der Waals surface area contributed by atoms with Crippen molar-refractivity contribution in [3.05, 3.63) is 115 Å². The summed E-state index contributed by atoms with van der Waals surface area (Å²) < 4.78 is 12.0. The lowest BCUT2D eigenvalue weighted by atomic mass is 10.0. The van der Waals surface area contributed by atoms with Crippen molar-refractivity contribution in [2.24, 2.45) is 10.2 Å². The second-order valence-electron chi connectivity index (χ2n) is 7.27. The van der Waals surface area contributed by atoms with Crippen LogP contribution in [0.4, 0.5) is 0 Å². The monoisotopic (exact) mass is 458 g/mol. The smallest absolute Gasteiger partial charge is 0.271 e. The molecule has 3 heterocycles. The molecule has 35 heavy (non-hydrogen) atoms. The van der Waals surface area contributed by atoms with Gasteiger partial charge in [0, 0.05) is 17.2 Å². The summed E-state index contributed by atoms with van der Waals surface area (Å²) in [5.41, 5.74) is 3.17. The van der Waals surface area contributed by atoms with Gasteiger partial charge in [-0.05, 0) is 24.3 Å². The first-order chi connectivity index (χ1) is 17.3. The first-order valence-corrected chi connectivity index (χ1v) is 10.7. The van der Waals surface area contributed by atoms with Crippen LogP contribution in [0.25, 0.3) is 34.3 Å². The Labute approximate surface area is 200 Å². The number of rotatable bonds is 6. The van der Waals surface area contributed by atoms with E-state index in [9.17, 15) is 5.26 Å². The number of hydrogen-bond donors (Lipinski definition) is 0. The van der Waals surface area contributed by atoms with E-state index < -0.39 is 0 Å². The van der Waals surface area contributed by atoms with Gasteiger partial charge in [0.2, 0.25) is 0 Å². The van der Waals surface area contributed by atoms with E-state index in [1.54, 1.807) is 36.6 Å². The molecular weight excluding hydrogens is 440 g/mol. The number of hydrogen-bond acceptors (Lipinski definition) is 7. The Balaban J connectivity index is 1.77. The fourth-order valence-corrected chi connectivity index (χ4v) is 3.36. The molecule has 0 spiro atoms. The Bertz CT molecular complexity index is 1580. The average molecular weight is 458 g/mol. The van der Waals surface area contributed by atoms with Crippen LogP contribution in [-0.2, 0) is 0 Å². The molecule has 0 N–H and O–H groups in total. The highest BCUT2D eigenvalue weighted by Gasteiger charge is 2.16.